The molecule has 0 aromatic carbocycles. The maximum Gasteiger partial charge on any atom is 0.187 e. The summed E-state index contributed by atoms with van der Waals surface area (Å²) in [6, 6.07) is 0. The first-order valence-corrected chi connectivity index (χ1v) is 16.3. The summed E-state index contributed by atoms with van der Waals surface area (Å²) in [5.41, 5.74) is 0. The van der Waals surface area contributed by atoms with Crippen LogP contribution in [0, 0.1) is 5.92 Å². The van der Waals surface area contributed by atoms with E-state index in [1.165, 1.54) is 0 Å². The van der Waals surface area contributed by atoms with Crippen molar-refractivity contribution in [2.45, 2.75) is 135 Å². The summed E-state index contributed by atoms with van der Waals surface area (Å²) < 4.78 is 44.0. The van der Waals surface area contributed by atoms with Crippen molar-refractivity contribution in [2.75, 3.05) is 33.0 Å². The Kier molecular flexibility index (Phi) is 14.0. The Labute approximate surface area is 288 Å². The summed E-state index contributed by atoms with van der Waals surface area (Å²) in [7, 11) is 0. The van der Waals surface area contributed by atoms with Crippen LogP contribution in [0.15, 0.2) is 0 Å². The number of hydrogen-bond donors (Lipinski definition) is 15. The number of rotatable bonds is 13. The van der Waals surface area contributed by atoms with Gasteiger partial charge in [0.25, 0.3) is 0 Å². The standard InChI is InChI=1S/C28H48O23/c29-1-6-11(34)21(6)48-26-18(41)14(37)23(8(3-31)45-26)50-28-20(43)16(39)24(10(5-33)47-28)51-27-19(42)15(38)22(9(4-32)46-27)49-25-17(40)13(36)12(35)7(2-30)44-25/h6-43H,1-5H2. The Morgan fingerprint density at radius 3 is 0.882 bits per heavy atom. The van der Waals surface area contributed by atoms with Gasteiger partial charge in [-0.25, -0.2) is 0 Å². The topological polar surface area (TPSA) is 377 Å². The van der Waals surface area contributed by atoms with Crippen LogP contribution < -0.4 is 0 Å². The summed E-state index contributed by atoms with van der Waals surface area (Å²) >= 11 is 0. The van der Waals surface area contributed by atoms with Crippen molar-refractivity contribution in [3.8, 4) is 0 Å². The molecule has 1 saturated carbocycles. The molecule has 5 fully saturated rings. The first-order valence-electron chi connectivity index (χ1n) is 16.3. The van der Waals surface area contributed by atoms with Gasteiger partial charge in [-0.1, -0.05) is 0 Å². The first kappa shape index (κ1) is 41.2. The molecule has 0 aromatic heterocycles. The molecule has 23 heteroatoms. The molecule has 5 rings (SSSR count). The summed E-state index contributed by atoms with van der Waals surface area (Å²) in [5.74, 6) is -0.651. The summed E-state index contributed by atoms with van der Waals surface area (Å²) in [5, 5.41) is 154. The molecule has 23 atom stereocenters. The fourth-order valence-corrected chi connectivity index (χ4v) is 6.52. The highest BCUT2D eigenvalue weighted by atomic mass is 16.8. The smallest absolute Gasteiger partial charge is 0.187 e. The van der Waals surface area contributed by atoms with Crippen molar-refractivity contribution >= 4 is 0 Å². The zero-order valence-corrected chi connectivity index (χ0v) is 26.8. The number of hydrogen-bond acceptors (Lipinski definition) is 23. The molecule has 4 aliphatic heterocycles. The van der Waals surface area contributed by atoms with Gasteiger partial charge in [0, 0.05) is 5.92 Å². The van der Waals surface area contributed by atoms with E-state index in [0.29, 0.717) is 0 Å². The normalized spacial score (nSPS) is 53.6. The van der Waals surface area contributed by atoms with Gasteiger partial charge in [0.2, 0.25) is 0 Å². The minimum absolute atomic E-state index is 0.419. The lowest BCUT2D eigenvalue weighted by molar-refractivity contribution is -0.388. The molecule has 4 heterocycles. The van der Waals surface area contributed by atoms with Crippen LogP contribution in [0.2, 0.25) is 0 Å². The molecular weight excluding hydrogens is 704 g/mol. The minimum Gasteiger partial charge on any atom is -0.396 e. The maximum atomic E-state index is 11.0. The van der Waals surface area contributed by atoms with E-state index >= 15 is 0 Å². The van der Waals surface area contributed by atoms with E-state index in [0.717, 1.165) is 0 Å². The third kappa shape index (κ3) is 8.21. The first-order chi connectivity index (χ1) is 24.2. The van der Waals surface area contributed by atoms with Crippen LogP contribution in [0.1, 0.15) is 0 Å². The zero-order valence-electron chi connectivity index (χ0n) is 26.8. The maximum absolute atomic E-state index is 11.0. The van der Waals surface area contributed by atoms with Gasteiger partial charge in [0.15, 0.2) is 25.2 Å². The molecule has 15 N–H and O–H groups in total. The molecule has 0 spiro atoms. The van der Waals surface area contributed by atoms with Crippen molar-refractivity contribution in [2.24, 2.45) is 5.92 Å². The molecule has 298 valence electrons. The van der Waals surface area contributed by atoms with E-state index in [2.05, 4.69) is 0 Å². The molecule has 4 saturated heterocycles. The largest absolute Gasteiger partial charge is 0.396 e. The Hall–Kier alpha value is -0.920. The second kappa shape index (κ2) is 17.3. The van der Waals surface area contributed by atoms with Gasteiger partial charge < -0.3 is 114 Å². The quantitative estimate of drug-likeness (QED) is 0.0830. The average Bonchev–Trinajstić information content (AvgIpc) is 3.76. The van der Waals surface area contributed by atoms with Crippen molar-refractivity contribution in [3.63, 3.8) is 0 Å². The van der Waals surface area contributed by atoms with E-state index in [1.54, 1.807) is 0 Å². The van der Waals surface area contributed by atoms with Crippen LogP contribution >= 0.6 is 0 Å². The highest BCUT2D eigenvalue weighted by Crippen LogP contribution is 2.38. The monoisotopic (exact) mass is 752 g/mol. The third-order valence-electron chi connectivity index (χ3n) is 9.74. The van der Waals surface area contributed by atoms with E-state index < -0.39 is 174 Å². The summed E-state index contributed by atoms with van der Waals surface area (Å²) in [6.07, 6.45) is -37.3. The van der Waals surface area contributed by atoms with E-state index in [1.807, 2.05) is 0 Å². The van der Waals surface area contributed by atoms with Crippen molar-refractivity contribution in [1.29, 1.82) is 0 Å². The molecule has 23 nitrogen and oxygen atoms in total. The molecule has 51 heavy (non-hydrogen) atoms. The van der Waals surface area contributed by atoms with Gasteiger partial charge in [-0.2, -0.15) is 0 Å². The highest BCUT2D eigenvalue weighted by molar-refractivity contribution is 5.01. The molecule has 0 aromatic rings. The lowest BCUT2D eigenvalue weighted by atomic mass is 9.95. The van der Waals surface area contributed by atoms with Crippen molar-refractivity contribution in [1.82, 2.24) is 0 Å². The lowest BCUT2D eigenvalue weighted by Gasteiger charge is -2.49. The molecule has 1 aliphatic carbocycles. The van der Waals surface area contributed by atoms with E-state index in [4.69, 9.17) is 37.9 Å². The molecule has 23 unspecified atom stereocenters. The van der Waals surface area contributed by atoms with Gasteiger partial charge in [-0.05, 0) is 0 Å². The number of ether oxygens (including phenoxy) is 8. The third-order valence-corrected chi connectivity index (χ3v) is 9.74. The number of aliphatic hydroxyl groups excluding tert-OH is 15. The van der Waals surface area contributed by atoms with E-state index in [-0.39, 0.29) is 0 Å². The predicted octanol–water partition coefficient (Wildman–Crippen LogP) is -10.4. The van der Waals surface area contributed by atoms with Crippen LogP contribution in [-0.4, -0.2) is 245 Å². The fourth-order valence-electron chi connectivity index (χ4n) is 6.52. The molecule has 0 amide bonds. The summed E-state index contributed by atoms with van der Waals surface area (Å²) in [4.78, 5) is 0. The van der Waals surface area contributed by atoms with Crippen molar-refractivity contribution < 1.29 is 114 Å². The Morgan fingerprint density at radius 2 is 0.588 bits per heavy atom. The number of aliphatic hydroxyl groups is 15. The van der Waals surface area contributed by atoms with Crippen LogP contribution in [0.5, 0.6) is 0 Å². The second-order valence-electron chi connectivity index (χ2n) is 13.1. The Morgan fingerprint density at radius 1 is 0.294 bits per heavy atom. The zero-order chi connectivity index (χ0) is 37.5. The van der Waals surface area contributed by atoms with Crippen LogP contribution in [0.3, 0.4) is 0 Å². The Balaban J connectivity index is 1.22. The van der Waals surface area contributed by atoms with Gasteiger partial charge in [-0.15, -0.1) is 0 Å². The van der Waals surface area contributed by atoms with Gasteiger partial charge in [0.05, 0.1) is 45.2 Å². The summed E-state index contributed by atoms with van der Waals surface area (Å²) in [6.45, 7) is -3.86. The molecule has 5 aliphatic rings. The minimum atomic E-state index is -2.04. The van der Waals surface area contributed by atoms with Gasteiger partial charge in [0.1, 0.15) is 97.7 Å². The fraction of sp³-hybridized carbons (Fsp3) is 1.00. The Bertz CT molecular complexity index is 1090. The predicted molar refractivity (Wildman–Crippen MR) is 153 cm³/mol. The van der Waals surface area contributed by atoms with Crippen molar-refractivity contribution in [3.05, 3.63) is 0 Å². The second-order valence-corrected chi connectivity index (χ2v) is 13.1. The van der Waals surface area contributed by atoms with Gasteiger partial charge >= 0.3 is 0 Å². The average molecular weight is 753 g/mol. The van der Waals surface area contributed by atoms with Crippen LogP contribution in [0.25, 0.3) is 0 Å². The van der Waals surface area contributed by atoms with Crippen LogP contribution in [-0.2, 0) is 37.9 Å². The van der Waals surface area contributed by atoms with Gasteiger partial charge in [-0.3, -0.25) is 0 Å². The molecule has 0 bridgehead atoms. The van der Waals surface area contributed by atoms with E-state index in [9.17, 15) is 76.6 Å². The highest BCUT2D eigenvalue weighted by Gasteiger charge is 2.57. The molecule has 0 radical (unpaired) electrons. The van der Waals surface area contributed by atoms with Crippen LogP contribution in [0.4, 0.5) is 0 Å². The SMILES string of the molecule is OCC1OC(OC2C(CO)OC(OC3C(CO)OC(OC4C(CO)OC(OC5C(O)C5CO)C(O)C4O)C(O)C3O)C(O)C2O)C(O)C(O)C1O. The molecular formula is C28H48O23. The lowest BCUT2D eigenvalue weighted by Crippen LogP contribution is -2.67.